The second-order valence-electron chi connectivity index (χ2n) is 1.14. The van der Waals surface area contributed by atoms with Gasteiger partial charge in [-0.3, -0.25) is 0 Å². The third-order valence-electron chi connectivity index (χ3n) is 0. The third-order valence-corrected chi connectivity index (χ3v) is 0. The number of hydrogen-bond donors (Lipinski definition) is 0. The Morgan fingerprint density at radius 2 is 1.33 bits per heavy atom. The number of sulfone groups is 1. The van der Waals surface area contributed by atoms with Crippen molar-refractivity contribution in [1.29, 1.82) is 0 Å². The molecule has 0 radical (unpaired) electrons. The van der Waals surface area contributed by atoms with E-state index in [-0.39, 0.29) is 40.6 Å². The number of hydrogen-bond acceptors (Lipinski definition) is 2. The first-order chi connectivity index (χ1) is 2.00. The summed E-state index contributed by atoms with van der Waals surface area (Å²) in [7, 11) is -2.67. The van der Waals surface area contributed by atoms with Gasteiger partial charge in [-0.25, -0.2) is 8.42 Å². The molecule has 0 fully saturated rings. The van der Waals surface area contributed by atoms with Gasteiger partial charge < -0.3 is 2.85 Å². The van der Waals surface area contributed by atoms with E-state index < -0.39 is 9.84 Å². The molecule has 0 N–H and O–H groups in total. The summed E-state index contributed by atoms with van der Waals surface area (Å²) in [5.41, 5.74) is 0. The summed E-state index contributed by atoms with van der Waals surface area (Å²) in [6.07, 6.45) is 2.32. The molecule has 0 saturated carbocycles. The van der Waals surface area contributed by atoms with Gasteiger partial charge in [-0.05, 0) is 0 Å². The Kier molecular flexibility index (Phi) is 5.54. The van der Waals surface area contributed by atoms with Crippen molar-refractivity contribution in [3.63, 3.8) is 0 Å². The zero-order valence-electron chi connectivity index (χ0n) is 5.93. The summed E-state index contributed by atoms with van der Waals surface area (Å²) in [5.74, 6) is 0. The van der Waals surface area contributed by atoms with Gasteiger partial charge in [-0.1, -0.05) is 0 Å². The average molecular weight is 136 g/mol. The Morgan fingerprint density at radius 1 is 1.33 bits per heavy atom. The maximum atomic E-state index is 9.63. The van der Waals surface area contributed by atoms with Crippen LogP contribution in [0.25, 0.3) is 0 Å². The summed E-state index contributed by atoms with van der Waals surface area (Å²) in [5, 5.41) is 0. The van der Waals surface area contributed by atoms with Crippen molar-refractivity contribution in [3.8, 4) is 0 Å². The van der Waals surface area contributed by atoms with Crippen molar-refractivity contribution < 1.29 is 11.3 Å². The van der Waals surface area contributed by atoms with Crippen molar-refractivity contribution in [3.05, 3.63) is 0 Å². The summed E-state index contributed by atoms with van der Waals surface area (Å²) in [4.78, 5) is 0. The van der Waals surface area contributed by atoms with Crippen LogP contribution in [0.5, 0.6) is 0 Å². The molecule has 0 aliphatic rings. The SMILES string of the molecule is CS(C)(=O)=O.[Ca+2].[H-].[H-]. The van der Waals surface area contributed by atoms with E-state index in [1.165, 1.54) is 0 Å². The van der Waals surface area contributed by atoms with Crippen LogP contribution in [0.4, 0.5) is 0 Å². The Balaban J connectivity index is -0.0000000267. The van der Waals surface area contributed by atoms with Gasteiger partial charge in [0.05, 0.1) is 0 Å². The molecular weight excluding hydrogens is 128 g/mol. The predicted octanol–water partition coefficient (Wildman–Crippen LogP) is -0.495. The van der Waals surface area contributed by atoms with Gasteiger partial charge in [0.15, 0.2) is 0 Å². The molecule has 0 aromatic carbocycles. The molecule has 0 spiro atoms. The van der Waals surface area contributed by atoms with Gasteiger partial charge in [-0.2, -0.15) is 0 Å². The second-order valence-corrected chi connectivity index (χ2v) is 3.43. The second kappa shape index (κ2) is 3.24. The Morgan fingerprint density at radius 3 is 1.33 bits per heavy atom. The van der Waals surface area contributed by atoms with Crippen LogP contribution >= 0.6 is 0 Å². The predicted molar refractivity (Wildman–Crippen MR) is 28.7 cm³/mol. The van der Waals surface area contributed by atoms with Crippen molar-refractivity contribution in [2.75, 3.05) is 12.5 Å². The van der Waals surface area contributed by atoms with Crippen molar-refractivity contribution in [2.24, 2.45) is 0 Å². The molecule has 4 heteroatoms. The first-order valence-electron chi connectivity index (χ1n) is 1.15. The zero-order valence-corrected chi connectivity index (χ0v) is 6.96. The van der Waals surface area contributed by atoms with E-state index in [1.807, 2.05) is 0 Å². The maximum absolute atomic E-state index is 9.63. The van der Waals surface area contributed by atoms with Gasteiger partial charge in [-0.15, -0.1) is 0 Å². The fourth-order valence-electron chi connectivity index (χ4n) is 0. The number of rotatable bonds is 0. The zero-order chi connectivity index (χ0) is 4.50. The fourth-order valence-corrected chi connectivity index (χ4v) is 0. The van der Waals surface area contributed by atoms with Crippen LogP contribution in [-0.2, 0) is 9.84 Å². The van der Waals surface area contributed by atoms with E-state index in [9.17, 15) is 8.42 Å². The fraction of sp³-hybridized carbons (Fsp3) is 1.00. The van der Waals surface area contributed by atoms with Crippen LogP contribution in [-0.4, -0.2) is 58.7 Å². The summed E-state index contributed by atoms with van der Waals surface area (Å²) in [6, 6.07) is 0. The monoisotopic (exact) mass is 136 g/mol. The van der Waals surface area contributed by atoms with Gasteiger partial charge >= 0.3 is 37.7 Å². The summed E-state index contributed by atoms with van der Waals surface area (Å²) in [6.45, 7) is 0. The molecule has 36 valence electrons. The van der Waals surface area contributed by atoms with Crippen LogP contribution in [0.3, 0.4) is 0 Å². The largest absolute Gasteiger partial charge is 2.00 e. The van der Waals surface area contributed by atoms with E-state index in [1.54, 1.807) is 0 Å². The minimum atomic E-state index is -2.67. The van der Waals surface area contributed by atoms with Crippen LogP contribution in [0.15, 0.2) is 0 Å². The van der Waals surface area contributed by atoms with E-state index in [2.05, 4.69) is 0 Å². The Hall–Kier alpha value is 1.21. The molecule has 0 saturated heterocycles. The quantitative estimate of drug-likeness (QED) is 0.421. The van der Waals surface area contributed by atoms with Crippen LogP contribution in [0.2, 0.25) is 0 Å². The molecule has 0 atom stereocenters. The summed E-state index contributed by atoms with van der Waals surface area (Å²) < 4.78 is 19.3. The van der Waals surface area contributed by atoms with Gasteiger partial charge in [0.1, 0.15) is 9.84 Å². The maximum Gasteiger partial charge on any atom is 2.00 e. The first-order valence-corrected chi connectivity index (χ1v) is 3.45. The topological polar surface area (TPSA) is 34.1 Å². The summed E-state index contributed by atoms with van der Waals surface area (Å²) >= 11 is 0. The molecule has 0 amide bonds. The van der Waals surface area contributed by atoms with Gasteiger partial charge in [0.25, 0.3) is 0 Å². The van der Waals surface area contributed by atoms with Gasteiger partial charge in [0, 0.05) is 12.5 Å². The molecule has 0 bridgehead atoms. The van der Waals surface area contributed by atoms with Crippen molar-refractivity contribution >= 4 is 47.6 Å². The third kappa shape index (κ3) is 63.1. The molecule has 0 aliphatic heterocycles. The molecule has 0 unspecified atom stereocenters. The van der Waals surface area contributed by atoms with Crippen LogP contribution < -0.4 is 0 Å². The molecule has 0 aromatic heterocycles. The van der Waals surface area contributed by atoms with Crippen molar-refractivity contribution in [2.45, 2.75) is 0 Å². The molecule has 6 heavy (non-hydrogen) atoms. The average Bonchev–Trinajstić information content (AvgIpc) is 0.722. The molecular formula is C2H8CaO2S. The smallest absolute Gasteiger partial charge is 1.00 e. The Bertz CT molecular complexity index is 101. The molecule has 0 aliphatic carbocycles. The van der Waals surface area contributed by atoms with Crippen molar-refractivity contribution in [1.82, 2.24) is 0 Å². The Labute approximate surface area is 70.8 Å². The molecule has 2 nitrogen and oxygen atoms in total. The van der Waals surface area contributed by atoms with Crippen LogP contribution in [0.1, 0.15) is 2.85 Å². The molecule has 0 rings (SSSR count). The minimum absolute atomic E-state index is 0. The van der Waals surface area contributed by atoms with E-state index in [4.69, 9.17) is 0 Å². The molecule has 0 heterocycles. The first kappa shape index (κ1) is 10.2. The van der Waals surface area contributed by atoms with E-state index in [0.717, 1.165) is 12.5 Å². The van der Waals surface area contributed by atoms with E-state index in [0.29, 0.717) is 0 Å². The van der Waals surface area contributed by atoms with Gasteiger partial charge in [0.2, 0.25) is 0 Å². The normalized spacial score (nSPS) is 9.67. The minimum Gasteiger partial charge on any atom is -1.00 e. The van der Waals surface area contributed by atoms with E-state index >= 15 is 0 Å². The standard InChI is InChI=1S/C2H6O2S.Ca.2H/c1-5(2,3)4;;;/h1-2H3;;;/q;+2;2*-1. The molecule has 0 aromatic rings. The van der Waals surface area contributed by atoms with Crippen LogP contribution in [0, 0.1) is 0 Å².